The summed E-state index contributed by atoms with van der Waals surface area (Å²) in [6.45, 7) is 1.74. The van der Waals surface area contributed by atoms with Crippen LogP contribution in [0.15, 0.2) is 24.3 Å². The van der Waals surface area contributed by atoms with Gasteiger partial charge in [0, 0.05) is 25.6 Å². The van der Waals surface area contributed by atoms with E-state index in [1.54, 1.807) is 24.3 Å². The summed E-state index contributed by atoms with van der Waals surface area (Å²) in [5.74, 6) is -0.514. The van der Waals surface area contributed by atoms with Gasteiger partial charge in [0.05, 0.1) is 11.1 Å². The fourth-order valence-corrected chi connectivity index (χ4v) is 3.94. The van der Waals surface area contributed by atoms with Crippen molar-refractivity contribution < 1.29 is 14.4 Å². The summed E-state index contributed by atoms with van der Waals surface area (Å²) in [7, 11) is 3.94. The molecule has 26 heavy (non-hydrogen) atoms. The third-order valence-corrected chi connectivity index (χ3v) is 5.40. The minimum Gasteiger partial charge on any atom is -0.355 e. The number of nitrogens with zero attached hydrogens (tertiary/aromatic N) is 2. The predicted molar refractivity (Wildman–Crippen MR) is 98.8 cm³/mol. The van der Waals surface area contributed by atoms with Crippen LogP contribution >= 0.6 is 0 Å². The van der Waals surface area contributed by atoms with Gasteiger partial charge in [0.1, 0.15) is 0 Å². The summed E-state index contributed by atoms with van der Waals surface area (Å²) in [4.78, 5) is 41.2. The van der Waals surface area contributed by atoms with Crippen molar-refractivity contribution in [3.05, 3.63) is 35.4 Å². The summed E-state index contributed by atoms with van der Waals surface area (Å²) in [5.41, 5.74) is 0.945. The van der Waals surface area contributed by atoms with Gasteiger partial charge in [0.25, 0.3) is 11.8 Å². The van der Waals surface area contributed by atoms with Gasteiger partial charge < -0.3 is 10.2 Å². The zero-order valence-electron chi connectivity index (χ0n) is 15.5. The van der Waals surface area contributed by atoms with Crippen LogP contribution in [0.1, 0.15) is 46.4 Å². The molecule has 6 heteroatoms. The van der Waals surface area contributed by atoms with Gasteiger partial charge in [0.2, 0.25) is 5.91 Å². The zero-order valence-corrected chi connectivity index (χ0v) is 15.5. The van der Waals surface area contributed by atoms with Crippen LogP contribution in [-0.2, 0) is 4.79 Å². The number of rotatable bonds is 6. The second-order valence-electron chi connectivity index (χ2n) is 7.51. The molecular weight excluding hydrogens is 330 g/mol. The first-order valence-electron chi connectivity index (χ1n) is 9.36. The molecule has 0 bridgehead atoms. The number of nitrogens with one attached hydrogen (secondary N) is 1. The smallest absolute Gasteiger partial charge is 0.261 e. The zero-order chi connectivity index (χ0) is 18.7. The molecule has 3 rings (SSSR count). The van der Waals surface area contributed by atoms with E-state index in [2.05, 4.69) is 5.32 Å². The largest absolute Gasteiger partial charge is 0.355 e. The molecule has 2 atom stereocenters. The highest BCUT2D eigenvalue weighted by atomic mass is 16.2. The van der Waals surface area contributed by atoms with E-state index in [1.165, 1.54) is 4.90 Å². The van der Waals surface area contributed by atoms with Crippen molar-refractivity contribution in [2.75, 3.05) is 33.7 Å². The van der Waals surface area contributed by atoms with Crippen molar-refractivity contribution >= 4 is 17.7 Å². The third kappa shape index (κ3) is 3.80. The molecule has 2 aliphatic rings. The third-order valence-electron chi connectivity index (χ3n) is 5.40. The first-order chi connectivity index (χ1) is 12.5. The van der Waals surface area contributed by atoms with Crippen molar-refractivity contribution in [3.8, 4) is 0 Å². The highest BCUT2D eigenvalue weighted by Crippen LogP contribution is 2.33. The Morgan fingerprint density at radius 3 is 2.35 bits per heavy atom. The van der Waals surface area contributed by atoms with E-state index < -0.39 is 0 Å². The molecule has 1 aromatic rings. The lowest BCUT2D eigenvalue weighted by Gasteiger charge is -2.33. The van der Waals surface area contributed by atoms with Crippen LogP contribution in [0.4, 0.5) is 0 Å². The lowest BCUT2D eigenvalue weighted by atomic mass is 9.78. The summed E-state index contributed by atoms with van der Waals surface area (Å²) in [5, 5.41) is 3.01. The minimum absolute atomic E-state index is 0.0327. The van der Waals surface area contributed by atoms with Gasteiger partial charge in [0.15, 0.2) is 0 Å². The first kappa shape index (κ1) is 18.6. The molecule has 0 aromatic heterocycles. The Kier molecular flexibility index (Phi) is 5.71. The summed E-state index contributed by atoms with van der Waals surface area (Å²) < 4.78 is 0. The van der Waals surface area contributed by atoms with Gasteiger partial charge in [-0.05, 0) is 45.0 Å². The van der Waals surface area contributed by atoms with Crippen LogP contribution in [0.5, 0.6) is 0 Å². The van der Waals surface area contributed by atoms with E-state index in [-0.39, 0.29) is 29.6 Å². The molecule has 140 valence electrons. The number of fused-ring (bicyclic) bond motifs is 1. The Hall–Kier alpha value is -2.21. The molecule has 1 fully saturated rings. The average molecular weight is 357 g/mol. The highest BCUT2D eigenvalue weighted by molar-refractivity contribution is 6.21. The number of hydrogen-bond acceptors (Lipinski definition) is 4. The highest BCUT2D eigenvalue weighted by Gasteiger charge is 2.39. The summed E-state index contributed by atoms with van der Waals surface area (Å²) in [6, 6.07) is 6.94. The van der Waals surface area contributed by atoms with Gasteiger partial charge in [-0.25, -0.2) is 0 Å². The van der Waals surface area contributed by atoms with Gasteiger partial charge in [-0.2, -0.15) is 0 Å². The maximum atomic E-state index is 12.6. The van der Waals surface area contributed by atoms with Gasteiger partial charge in [-0.15, -0.1) is 0 Å². The van der Waals surface area contributed by atoms with E-state index in [1.807, 2.05) is 19.0 Å². The van der Waals surface area contributed by atoms with Crippen molar-refractivity contribution in [3.63, 3.8) is 0 Å². The van der Waals surface area contributed by atoms with Crippen LogP contribution in [0.25, 0.3) is 0 Å². The van der Waals surface area contributed by atoms with Crippen LogP contribution in [0.2, 0.25) is 0 Å². The van der Waals surface area contributed by atoms with E-state index in [9.17, 15) is 14.4 Å². The second-order valence-corrected chi connectivity index (χ2v) is 7.51. The number of benzene rings is 1. The average Bonchev–Trinajstić information content (AvgIpc) is 2.87. The topological polar surface area (TPSA) is 69.7 Å². The molecule has 2 unspecified atom stereocenters. The monoisotopic (exact) mass is 357 g/mol. The number of carbonyl (C=O) groups excluding carboxylic acids is 3. The standard InChI is InChI=1S/C20H27N3O3/c1-22(2)12-11-21-18(24)15-8-4-3-7-14(15)13-23-19(25)16-9-5-6-10-17(16)20(23)26/h5-6,9-10,14-15H,3-4,7-8,11-13H2,1-2H3,(H,21,24). The quantitative estimate of drug-likeness (QED) is 0.788. The molecule has 3 amide bonds. The molecule has 0 spiro atoms. The van der Waals surface area contributed by atoms with Gasteiger partial charge in [-0.1, -0.05) is 25.0 Å². The van der Waals surface area contributed by atoms with Crippen LogP contribution < -0.4 is 5.32 Å². The Labute approximate surface area is 154 Å². The number of amides is 3. The molecule has 1 aromatic carbocycles. The van der Waals surface area contributed by atoms with Crippen molar-refractivity contribution in [1.29, 1.82) is 0 Å². The van der Waals surface area contributed by atoms with Crippen molar-refractivity contribution in [2.45, 2.75) is 25.7 Å². The van der Waals surface area contributed by atoms with Crippen molar-refractivity contribution in [2.24, 2.45) is 11.8 Å². The van der Waals surface area contributed by atoms with Gasteiger partial charge in [-0.3, -0.25) is 19.3 Å². The number of hydrogen-bond donors (Lipinski definition) is 1. The summed E-state index contributed by atoms with van der Waals surface area (Å²) in [6.07, 6.45) is 3.75. The molecule has 1 saturated carbocycles. The molecule has 1 aliphatic heterocycles. The lowest BCUT2D eigenvalue weighted by molar-refractivity contribution is -0.128. The molecule has 6 nitrogen and oxygen atoms in total. The molecule has 1 N–H and O–H groups in total. The second kappa shape index (κ2) is 7.99. The molecular formula is C20H27N3O3. The first-order valence-corrected chi connectivity index (χ1v) is 9.36. The Bertz CT molecular complexity index is 666. The van der Waals surface area contributed by atoms with E-state index in [4.69, 9.17) is 0 Å². The molecule has 1 heterocycles. The maximum absolute atomic E-state index is 12.6. The molecule has 1 aliphatic carbocycles. The molecule has 0 saturated heterocycles. The van der Waals surface area contributed by atoms with Crippen LogP contribution in [0.3, 0.4) is 0 Å². The Morgan fingerprint density at radius 2 is 1.73 bits per heavy atom. The maximum Gasteiger partial charge on any atom is 0.261 e. The normalized spacial score (nSPS) is 22.7. The summed E-state index contributed by atoms with van der Waals surface area (Å²) >= 11 is 0. The lowest BCUT2D eigenvalue weighted by Crippen LogP contribution is -2.44. The van der Waals surface area contributed by atoms with Crippen LogP contribution in [0, 0.1) is 11.8 Å². The number of carbonyl (C=O) groups is 3. The van der Waals surface area contributed by atoms with Crippen LogP contribution in [-0.4, -0.2) is 61.3 Å². The van der Waals surface area contributed by atoms with E-state index >= 15 is 0 Å². The Morgan fingerprint density at radius 1 is 1.12 bits per heavy atom. The fraction of sp³-hybridized carbons (Fsp3) is 0.550. The number of likely N-dealkylation sites (N-methyl/N-ethyl adjacent to an activating group) is 1. The Balaban J connectivity index is 1.67. The van der Waals surface area contributed by atoms with Gasteiger partial charge >= 0.3 is 0 Å². The molecule has 0 radical (unpaired) electrons. The minimum atomic E-state index is -0.233. The van der Waals surface area contributed by atoms with E-state index in [0.29, 0.717) is 24.2 Å². The van der Waals surface area contributed by atoms with E-state index in [0.717, 1.165) is 32.2 Å². The predicted octanol–water partition coefficient (Wildman–Crippen LogP) is 1.77. The fourth-order valence-electron chi connectivity index (χ4n) is 3.94. The van der Waals surface area contributed by atoms with Crippen molar-refractivity contribution in [1.82, 2.24) is 15.1 Å². The number of imide groups is 1. The SMILES string of the molecule is CN(C)CCNC(=O)C1CCCCC1CN1C(=O)c2ccccc2C1=O.